The van der Waals surface area contributed by atoms with E-state index in [0.29, 0.717) is 44.4 Å². The number of hydrogen-bond donors (Lipinski definition) is 8. The van der Waals surface area contributed by atoms with E-state index in [-0.39, 0.29) is 29.1 Å². The van der Waals surface area contributed by atoms with Crippen molar-refractivity contribution in [3.63, 3.8) is 0 Å². The van der Waals surface area contributed by atoms with Gasteiger partial charge in [0.25, 0.3) is 0 Å². The summed E-state index contributed by atoms with van der Waals surface area (Å²) in [6, 6.07) is 0. The van der Waals surface area contributed by atoms with Crippen LogP contribution < -0.4 is 0 Å². The van der Waals surface area contributed by atoms with Crippen molar-refractivity contribution in [3.05, 3.63) is 11.6 Å². The van der Waals surface area contributed by atoms with E-state index in [2.05, 4.69) is 47.6 Å². The lowest BCUT2D eigenvalue weighted by Crippen LogP contribution is -2.68. The van der Waals surface area contributed by atoms with E-state index in [1.165, 1.54) is 0 Å². The van der Waals surface area contributed by atoms with Gasteiger partial charge in [0.15, 0.2) is 12.6 Å². The Hall–Kier alpha value is -1.72. The average Bonchev–Trinajstić information content (AvgIpc) is 3.14. The molecule has 2 saturated heterocycles. The molecule has 0 unspecified atom stereocenters. The van der Waals surface area contributed by atoms with Crippen molar-refractivity contribution in [2.45, 2.75) is 174 Å². The number of ether oxygens (including phenoxy) is 4. The molecular weight excluding hydrogens is 728 g/mol. The van der Waals surface area contributed by atoms with Crippen LogP contribution in [0.1, 0.15) is 106 Å². The van der Waals surface area contributed by atoms with Gasteiger partial charge < -0.3 is 59.8 Å². The maximum Gasteiger partial charge on any atom is 0.314 e. The zero-order valence-electron chi connectivity index (χ0n) is 33.9. The first kappa shape index (κ1) is 42.4. The monoisotopic (exact) mass is 794 g/mol. The van der Waals surface area contributed by atoms with E-state index >= 15 is 0 Å². The molecule has 56 heavy (non-hydrogen) atoms. The Kier molecular flexibility index (Phi) is 11.0. The third-order valence-corrected chi connectivity index (χ3v) is 17.4. The first-order valence-corrected chi connectivity index (χ1v) is 20.9. The average molecular weight is 795 g/mol. The maximum absolute atomic E-state index is 14.0. The summed E-state index contributed by atoms with van der Waals surface area (Å²) in [6.45, 7) is 14.0. The molecule has 6 fully saturated rings. The summed E-state index contributed by atoms with van der Waals surface area (Å²) in [5.41, 5.74) is -2.61. The van der Waals surface area contributed by atoms with Gasteiger partial charge in [-0.15, -0.1) is 0 Å². The molecule has 2 aliphatic heterocycles. The normalized spacial score (nSPS) is 54.1. The first-order valence-electron chi connectivity index (χ1n) is 20.9. The highest BCUT2D eigenvalue weighted by Gasteiger charge is 2.73. The molecule has 5 aliphatic carbocycles. The lowest BCUT2D eigenvalue weighted by molar-refractivity contribution is -0.366. The lowest BCUT2D eigenvalue weighted by Gasteiger charge is -2.70. The zero-order chi connectivity index (χ0) is 41.1. The summed E-state index contributed by atoms with van der Waals surface area (Å²) in [5, 5.41) is 85.6. The molecule has 0 bridgehead atoms. The Morgan fingerprint density at radius 1 is 0.750 bits per heavy atom. The van der Waals surface area contributed by atoms with Crippen LogP contribution in [-0.4, -0.2) is 127 Å². The Morgan fingerprint density at radius 2 is 1.43 bits per heavy atom. The number of carboxylic acid groups (broad SMARTS) is 2. The maximum atomic E-state index is 14.0. The Labute approximate surface area is 329 Å². The van der Waals surface area contributed by atoms with Crippen LogP contribution in [0.4, 0.5) is 0 Å². The van der Waals surface area contributed by atoms with Crippen LogP contribution in [0.3, 0.4) is 0 Å². The van der Waals surface area contributed by atoms with Crippen LogP contribution in [0.15, 0.2) is 11.6 Å². The van der Waals surface area contributed by atoms with Crippen LogP contribution in [0.5, 0.6) is 0 Å². The standard InChI is InChI=1S/C42H66O14/c1-19-10-15-41(36(49)50)16-17-42(37(51)52)22(27(41)20(19)2)8-9-25-39(6)13-12-26(38(4,5)24(39)11-14-40(25,42)7)55-35-32(48)33(28(44)21(3)53-35)56-34-31(47)30(46)29(45)23(18-43)54-34/h8,19-21,23-35,43-48H,9-18H2,1-7H3,(H,49,50)(H,51,52)/t19-,20+,21-,23-,24-,25-,26+,27-,28+,29-,30+,31-,32-,33+,34+,35+,39+,40-,41+,42-/m1/s1. The van der Waals surface area contributed by atoms with E-state index in [1.54, 1.807) is 6.92 Å². The van der Waals surface area contributed by atoms with E-state index in [0.717, 1.165) is 24.8 Å². The SMILES string of the molecule is C[C@H]1[C@H](C)CC[C@]2(C(=O)O)CC[C@]3(C(=O)O)C(=CC[C@@H]4[C@@]5(C)CC[C@H](O[C@@H]6O[C@H](C)[C@H](O)[C@H](O[C@@H]7O[C@H](CO)[C@@H](O)[C@H](O)[C@H]7O)[C@H]6O)C(C)(C)[C@H]5CC[C@]43C)[C@@H]12. The van der Waals surface area contributed by atoms with Crippen molar-refractivity contribution in [2.24, 2.45) is 56.7 Å². The molecule has 0 aromatic heterocycles. The van der Waals surface area contributed by atoms with Crippen LogP contribution in [-0.2, 0) is 28.5 Å². The Balaban J connectivity index is 1.14. The van der Waals surface area contributed by atoms with Gasteiger partial charge in [-0.05, 0) is 111 Å². The van der Waals surface area contributed by atoms with Gasteiger partial charge in [0.2, 0.25) is 0 Å². The van der Waals surface area contributed by atoms with Crippen LogP contribution in [0.2, 0.25) is 0 Å². The highest BCUT2D eigenvalue weighted by Crippen LogP contribution is 2.76. The summed E-state index contributed by atoms with van der Waals surface area (Å²) < 4.78 is 24.1. The molecule has 20 atom stereocenters. The molecular formula is C42H66O14. The fourth-order valence-corrected chi connectivity index (χ4v) is 14.0. The fourth-order valence-electron chi connectivity index (χ4n) is 14.0. The highest BCUT2D eigenvalue weighted by molar-refractivity contribution is 5.84. The lowest BCUT2D eigenvalue weighted by atomic mass is 9.33. The predicted molar refractivity (Wildman–Crippen MR) is 198 cm³/mol. The van der Waals surface area contributed by atoms with Gasteiger partial charge >= 0.3 is 11.9 Å². The number of allylic oxidation sites excluding steroid dienone is 1. The molecule has 4 saturated carbocycles. The summed E-state index contributed by atoms with van der Waals surface area (Å²) in [6.07, 6.45) is -7.03. The fraction of sp³-hybridized carbons (Fsp3) is 0.905. The van der Waals surface area contributed by atoms with Crippen molar-refractivity contribution >= 4 is 11.9 Å². The van der Waals surface area contributed by atoms with Gasteiger partial charge in [-0.25, -0.2) is 0 Å². The van der Waals surface area contributed by atoms with E-state index in [1.807, 2.05) is 0 Å². The Morgan fingerprint density at radius 3 is 2.07 bits per heavy atom. The third kappa shape index (κ3) is 5.85. The predicted octanol–water partition coefficient (Wildman–Crippen LogP) is 2.83. The minimum Gasteiger partial charge on any atom is -0.481 e. The number of aliphatic carboxylic acids is 2. The highest BCUT2D eigenvalue weighted by atomic mass is 16.7. The van der Waals surface area contributed by atoms with Crippen molar-refractivity contribution < 1.29 is 69.4 Å². The van der Waals surface area contributed by atoms with Gasteiger partial charge in [0, 0.05) is 0 Å². The van der Waals surface area contributed by atoms with Gasteiger partial charge in [0.05, 0.1) is 29.6 Å². The molecule has 0 amide bonds. The van der Waals surface area contributed by atoms with Crippen molar-refractivity contribution in [3.8, 4) is 0 Å². The van der Waals surface area contributed by atoms with E-state index in [9.17, 15) is 50.4 Å². The number of hydrogen-bond acceptors (Lipinski definition) is 12. The summed E-state index contributed by atoms with van der Waals surface area (Å²) in [7, 11) is 0. The Bertz CT molecular complexity index is 1550. The molecule has 0 radical (unpaired) electrons. The number of carbonyl (C=O) groups is 2. The van der Waals surface area contributed by atoms with Gasteiger partial charge in [-0.2, -0.15) is 0 Å². The number of rotatable bonds is 7. The molecule has 14 heteroatoms. The quantitative estimate of drug-likeness (QED) is 0.137. The minimum atomic E-state index is -1.73. The van der Waals surface area contributed by atoms with E-state index < -0.39 is 108 Å². The van der Waals surface area contributed by atoms with E-state index in [4.69, 9.17) is 18.9 Å². The molecule has 8 N–H and O–H groups in total. The smallest absolute Gasteiger partial charge is 0.314 e. The zero-order valence-corrected chi connectivity index (χ0v) is 33.9. The summed E-state index contributed by atoms with van der Waals surface area (Å²) in [5.74, 6) is -1.49. The van der Waals surface area contributed by atoms with Gasteiger partial charge in [0.1, 0.15) is 42.7 Å². The number of carboxylic acids is 2. The molecule has 2 heterocycles. The number of aliphatic hydroxyl groups excluding tert-OH is 6. The second-order valence-corrected chi connectivity index (χ2v) is 20.0. The molecule has 0 aromatic rings. The second kappa shape index (κ2) is 14.5. The van der Waals surface area contributed by atoms with Crippen molar-refractivity contribution in [2.75, 3.05) is 6.61 Å². The third-order valence-electron chi connectivity index (χ3n) is 17.4. The van der Waals surface area contributed by atoms with Gasteiger partial charge in [-0.3, -0.25) is 9.59 Å². The number of aliphatic hydroxyl groups is 6. The largest absolute Gasteiger partial charge is 0.481 e. The summed E-state index contributed by atoms with van der Waals surface area (Å²) in [4.78, 5) is 27.1. The molecule has 14 nitrogen and oxygen atoms in total. The molecule has 7 aliphatic rings. The minimum absolute atomic E-state index is 0.0190. The first-order chi connectivity index (χ1) is 26.1. The van der Waals surface area contributed by atoms with Crippen molar-refractivity contribution in [1.82, 2.24) is 0 Å². The van der Waals surface area contributed by atoms with Crippen LogP contribution >= 0.6 is 0 Å². The van der Waals surface area contributed by atoms with Gasteiger partial charge in [-0.1, -0.05) is 53.2 Å². The molecule has 7 rings (SSSR count). The van der Waals surface area contributed by atoms with Crippen LogP contribution in [0, 0.1) is 56.7 Å². The molecule has 0 spiro atoms. The second-order valence-electron chi connectivity index (χ2n) is 20.0. The summed E-state index contributed by atoms with van der Waals surface area (Å²) >= 11 is 0. The van der Waals surface area contributed by atoms with Crippen molar-refractivity contribution in [1.29, 1.82) is 0 Å². The van der Waals surface area contributed by atoms with Crippen LogP contribution in [0.25, 0.3) is 0 Å². The number of fused-ring (bicyclic) bond motifs is 7. The topological polar surface area (TPSA) is 233 Å². The molecule has 318 valence electrons. The molecule has 0 aromatic carbocycles.